The molecule has 1 unspecified atom stereocenters. The van der Waals surface area contributed by atoms with Gasteiger partial charge < -0.3 is 15.8 Å². The summed E-state index contributed by atoms with van der Waals surface area (Å²) in [4.78, 5) is 14.8. The molecular weight excluding hydrogens is 409 g/mol. The van der Waals surface area contributed by atoms with Crippen LogP contribution in [0, 0.1) is 0 Å². The summed E-state index contributed by atoms with van der Waals surface area (Å²) >= 11 is 6.41. The van der Waals surface area contributed by atoms with Gasteiger partial charge in [0.2, 0.25) is 0 Å². The van der Waals surface area contributed by atoms with Crippen molar-refractivity contribution in [2.75, 3.05) is 38.6 Å². The Morgan fingerprint density at radius 2 is 1.74 bits per heavy atom. The van der Waals surface area contributed by atoms with Gasteiger partial charge in [-0.05, 0) is 23.8 Å². The molecule has 0 aromatic heterocycles. The van der Waals surface area contributed by atoms with Crippen LogP contribution in [0.15, 0.2) is 48.5 Å². The molecule has 27 heavy (non-hydrogen) atoms. The molecule has 1 heterocycles. The summed E-state index contributed by atoms with van der Waals surface area (Å²) in [6, 6.07) is 14.8. The minimum atomic E-state index is -0.177. The first kappa shape index (κ1) is 23.5. The lowest BCUT2D eigenvalue weighted by atomic mass is 10.0. The Morgan fingerprint density at radius 3 is 2.41 bits per heavy atom. The number of nitrogens with two attached hydrogens (primary N) is 1. The maximum atomic E-state index is 12.5. The maximum absolute atomic E-state index is 12.5. The Morgan fingerprint density at radius 1 is 1.11 bits per heavy atom. The Kier molecular flexibility index (Phi) is 9.91. The number of nitrogens with one attached hydrogen (secondary N) is 1. The lowest BCUT2D eigenvalue weighted by molar-refractivity contribution is 0.0162. The van der Waals surface area contributed by atoms with E-state index in [-0.39, 0.29) is 36.8 Å². The van der Waals surface area contributed by atoms with Gasteiger partial charge >= 0.3 is 0 Å². The van der Waals surface area contributed by atoms with Crippen molar-refractivity contribution >= 4 is 48.0 Å². The van der Waals surface area contributed by atoms with Gasteiger partial charge in [0.05, 0.1) is 24.8 Å². The molecule has 0 spiro atoms. The van der Waals surface area contributed by atoms with Gasteiger partial charge in [-0.3, -0.25) is 9.69 Å². The van der Waals surface area contributed by atoms with Crippen LogP contribution in [0.1, 0.15) is 22.0 Å². The van der Waals surface area contributed by atoms with Crippen molar-refractivity contribution in [2.45, 2.75) is 6.04 Å². The first-order valence-corrected chi connectivity index (χ1v) is 8.73. The van der Waals surface area contributed by atoms with E-state index in [0.717, 1.165) is 18.7 Å². The average Bonchev–Trinajstić information content (AvgIpc) is 2.64. The SMILES string of the molecule is Cl.Cl.Nc1ccccc1C(=O)NCC(c1ccccc1Cl)N1CCOCC1. The number of carbonyl (C=O) groups excluding carboxylic acids is 1. The molecule has 5 nitrogen and oxygen atoms in total. The summed E-state index contributed by atoms with van der Waals surface area (Å²) in [5, 5.41) is 3.70. The van der Waals surface area contributed by atoms with Gasteiger partial charge in [-0.1, -0.05) is 41.9 Å². The van der Waals surface area contributed by atoms with E-state index in [0.29, 0.717) is 36.0 Å². The number of nitrogen functional groups attached to an aromatic ring is 1. The van der Waals surface area contributed by atoms with Crippen LogP contribution >= 0.6 is 36.4 Å². The summed E-state index contributed by atoms with van der Waals surface area (Å²) < 4.78 is 5.45. The molecule has 8 heteroatoms. The van der Waals surface area contributed by atoms with Crippen LogP contribution in [0.5, 0.6) is 0 Å². The van der Waals surface area contributed by atoms with Crippen LogP contribution in [0.25, 0.3) is 0 Å². The summed E-state index contributed by atoms with van der Waals surface area (Å²) in [5.41, 5.74) is 7.87. The Bertz CT molecular complexity index is 740. The molecule has 2 aromatic carbocycles. The molecule has 0 aliphatic carbocycles. The van der Waals surface area contributed by atoms with Crippen LogP contribution < -0.4 is 11.1 Å². The molecule has 0 radical (unpaired) electrons. The molecule has 1 amide bonds. The van der Waals surface area contributed by atoms with Crippen molar-refractivity contribution in [3.8, 4) is 0 Å². The second-order valence-corrected chi connectivity index (χ2v) is 6.39. The largest absolute Gasteiger partial charge is 0.398 e. The van der Waals surface area contributed by atoms with Crippen molar-refractivity contribution in [1.29, 1.82) is 0 Å². The second-order valence-electron chi connectivity index (χ2n) is 5.98. The topological polar surface area (TPSA) is 67.6 Å². The van der Waals surface area contributed by atoms with Crippen LogP contribution in [0.3, 0.4) is 0 Å². The minimum Gasteiger partial charge on any atom is -0.398 e. The fourth-order valence-electron chi connectivity index (χ4n) is 3.06. The van der Waals surface area contributed by atoms with E-state index in [1.54, 1.807) is 18.2 Å². The number of rotatable bonds is 5. The normalized spacial score (nSPS) is 15.1. The minimum absolute atomic E-state index is 0. The van der Waals surface area contributed by atoms with Gasteiger partial charge in [-0.2, -0.15) is 0 Å². The molecule has 148 valence electrons. The van der Waals surface area contributed by atoms with Gasteiger partial charge in [0, 0.05) is 30.3 Å². The third-order valence-corrected chi connectivity index (χ3v) is 4.76. The van der Waals surface area contributed by atoms with Crippen LogP contribution in [-0.2, 0) is 4.74 Å². The Hall–Kier alpha value is -1.50. The first-order chi connectivity index (χ1) is 12.2. The molecule has 1 saturated heterocycles. The van der Waals surface area contributed by atoms with Crippen molar-refractivity contribution in [3.05, 3.63) is 64.7 Å². The van der Waals surface area contributed by atoms with Gasteiger partial charge in [-0.25, -0.2) is 0 Å². The number of hydrogen-bond donors (Lipinski definition) is 2. The molecule has 3 rings (SSSR count). The summed E-state index contributed by atoms with van der Waals surface area (Å²) in [6.07, 6.45) is 0. The lowest BCUT2D eigenvalue weighted by Gasteiger charge is -2.35. The molecule has 1 fully saturated rings. The Labute approximate surface area is 177 Å². The highest BCUT2D eigenvalue weighted by molar-refractivity contribution is 6.31. The zero-order chi connectivity index (χ0) is 17.6. The van der Waals surface area contributed by atoms with E-state index in [4.69, 9.17) is 22.1 Å². The Balaban J connectivity index is 0.00000182. The van der Waals surface area contributed by atoms with Crippen LogP contribution in [-0.4, -0.2) is 43.7 Å². The quantitative estimate of drug-likeness (QED) is 0.709. The van der Waals surface area contributed by atoms with Gasteiger partial charge in [-0.15, -0.1) is 24.8 Å². The molecular formula is C19H24Cl3N3O2. The predicted molar refractivity (Wildman–Crippen MR) is 114 cm³/mol. The van der Waals surface area contributed by atoms with Gasteiger partial charge in [0.15, 0.2) is 0 Å². The van der Waals surface area contributed by atoms with E-state index < -0.39 is 0 Å². The fraction of sp³-hybridized carbons (Fsp3) is 0.316. The zero-order valence-corrected chi connectivity index (χ0v) is 17.2. The number of carbonyl (C=O) groups is 1. The molecule has 1 aliphatic heterocycles. The zero-order valence-electron chi connectivity index (χ0n) is 14.8. The summed E-state index contributed by atoms with van der Waals surface area (Å²) in [7, 11) is 0. The highest BCUT2D eigenvalue weighted by Gasteiger charge is 2.25. The fourth-order valence-corrected chi connectivity index (χ4v) is 3.32. The number of halogens is 3. The molecule has 3 N–H and O–H groups in total. The molecule has 1 aliphatic rings. The molecule has 2 aromatic rings. The number of benzene rings is 2. The van der Waals surface area contributed by atoms with Crippen molar-refractivity contribution in [3.63, 3.8) is 0 Å². The standard InChI is InChI=1S/C19H22ClN3O2.2ClH/c20-16-7-3-1-5-14(16)18(23-9-11-25-12-10-23)13-22-19(24)15-6-2-4-8-17(15)21;;/h1-8,18H,9-13,21H2,(H,22,24);2*1H. The first-order valence-electron chi connectivity index (χ1n) is 8.35. The number of anilines is 1. The number of hydrogen-bond acceptors (Lipinski definition) is 4. The highest BCUT2D eigenvalue weighted by atomic mass is 35.5. The number of ether oxygens (including phenoxy) is 1. The van der Waals surface area contributed by atoms with Crippen LogP contribution in [0.4, 0.5) is 5.69 Å². The number of morpholine rings is 1. The van der Waals surface area contributed by atoms with E-state index in [2.05, 4.69) is 10.2 Å². The van der Waals surface area contributed by atoms with Crippen LogP contribution in [0.2, 0.25) is 5.02 Å². The summed E-state index contributed by atoms with van der Waals surface area (Å²) in [5.74, 6) is -0.177. The summed E-state index contributed by atoms with van der Waals surface area (Å²) in [6.45, 7) is 3.43. The number of para-hydroxylation sites is 1. The molecule has 0 saturated carbocycles. The smallest absolute Gasteiger partial charge is 0.253 e. The third kappa shape index (κ3) is 5.99. The number of nitrogens with zero attached hydrogens (tertiary/aromatic N) is 1. The lowest BCUT2D eigenvalue weighted by Crippen LogP contribution is -2.44. The monoisotopic (exact) mass is 431 g/mol. The molecule has 1 atom stereocenters. The molecule has 0 bridgehead atoms. The average molecular weight is 433 g/mol. The van der Waals surface area contributed by atoms with E-state index in [1.165, 1.54) is 0 Å². The van der Waals surface area contributed by atoms with Gasteiger partial charge in [0.1, 0.15) is 0 Å². The predicted octanol–water partition coefficient (Wildman–Crippen LogP) is 3.57. The van der Waals surface area contributed by atoms with Crippen molar-refractivity contribution in [1.82, 2.24) is 10.2 Å². The third-order valence-electron chi connectivity index (χ3n) is 4.41. The second kappa shape index (κ2) is 11.4. The van der Waals surface area contributed by atoms with Gasteiger partial charge in [0.25, 0.3) is 5.91 Å². The van der Waals surface area contributed by atoms with E-state index in [1.807, 2.05) is 30.3 Å². The van der Waals surface area contributed by atoms with Crippen molar-refractivity contribution < 1.29 is 9.53 Å². The van der Waals surface area contributed by atoms with E-state index >= 15 is 0 Å². The highest BCUT2D eigenvalue weighted by Crippen LogP contribution is 2.28. The number of amides is 1. The van der Waals surface area contributed by atoms with Crippen molar-refractivity contribution in [2.24, 2.45) is 0 Å². The maximum Gasteiger partial charge on any atom is 0.253 e. The van der Waals surface area contributed by atoms with E-state index in [9.17, 15) is 4.79 Å².